The highest BCUT2D eigenvalue weighted by Crippen LogP contribution is 2.08. The van der Waals surface area contributed by atoms with Crippen molar-refractivity contribution in [3.8, 4) is 0 Å². The Morgan fingerprint density at radius 3 is 2.52 bits per heavy atom. The highest BCUT2D eigenvalue weighted by Gasteiger charge is 2.23. The molecule has 1 amide bonds. The molecule has 0 aromatic heterocycles. The van der Waals surface area contributed by atoms with Crippen molar-refractivity contribution >= 4 is 12.1 Å². The van der Waals surface area contributed by atoms with Crippen molar-refractivity contribution in [2.45, 2.75) is 26.0 Å². The van der Waals surface area contributed by atoms with Gasteiger partial charge in [0.05, 0.1) is 0 Å². The predicted molar refractivity (Wildman–Crippen MR) is 76.8 cm³/mol. The highest BCUT2D eigenvalue weighted by atomic mass is 16.5. The molecule has 0 spiro atoms. The minimum absolute atomic E-state index is 0.0190. The number of benzene rings is 1. The zero-order chi connectivity index (χ0) is 15.7. The number of carbonyl (C=O) groups excluding carboxylic acids is 1. The zero-order valence-corrected chi connectivity index (χ0v) is 12.2. The minimum atomic E-state index is -1.09. The average molecular weight is 295 g/mol. The molecule has 2 N–H and O–H groups in total. The molecular formula is C15H21NO5. The van der Waals surface area contributed by atoms with E-state index < -0.39 is 18.1 Å². The number of ether oxygens (including phenoxy) is 2. The lowest BCUT2D eigenvalue weighted by molar-refractivity contribution is -0.139. The monoisotopic (exact) mass is 295 g/mol. The maximum atomic E-state index is 11.6. The van der Waals surface area contributed by atoms with Crippen molar-refractivity contribution in [3.63, 3.8) is 0 Å². The number of aliphatic carboxylic acids is 1. The van der Waals surface area contributed by atoms with Crippen LogP contribution in [-0.4, -0.2) is 36.9 Å². The first-order valence-electron chi connectivity index (χ1n) is 6.72. The average Bonchev–Trinajstić information content (AvgIpc) is 2.45. The number of rotatable bonds is 8. The fourth-order valence-electron chi connectivity index (χ4n) is 1.88. The highest BCUT2D eigenvalue weighted by molar-refractivity contribution is 5.79. The standard InChI is InChI=1S/C15H21NO5/c1-11(9-20-2)8-13(14(17)18)16-15(19)21-10-12-6-4-3-5-7-12/h3-7,11,13H,8-10H2,1-2H3,(H,16,19)(H,17,18). The van der Waals surface area contributed by atoms with Crippen LogP contribution in [0.4, 0.5) is 4.79 Å². The number of alkyl carbamates (subject to hydrolysis) is 1. The summed E-state index contributed by atoms with van der Waals surface area (Å²) in [6, 6.07) is 8.19. The summed E-state index contributed by atoms with van der Waals surface area (Å²) in [6.07, 6.45) is -0.459. The fraction of sp³-hybridized carbons (Fsp3) is 0.467. The van der Waals surface area contributed by atoms with Gasteiger partial charge in [0.2, 0.25) is 0 Å². The maximum Gasteiger partial charge on any atom is 0.408 e. The Morgan fingerprint density at radius 1 is 1.29 bits per heavy atom. The van der Waals surface area contributed by atoms with E-state index in [1.165, 1.54) is 0 Å². The molecule has 2 atom stereocenters. The first kappa shape index (κ1) is 17.0. The molecule has 0 saturated heterocycles. The molecule has 0 saturated carbocycles. The largest absolute Gasteiger partial charge is 0.480 e. The van der Waals surface area contributed by atoms with Crippen LogP contribution in [-0.2, 0) is 20.9 Å². The van der Waals surface area contributed by atoms with Crippen LogP contribution in [0.5, 0.6) is 0 Å². The van der Waals surface area contributed by atoms with Gasteiger partial charge in [-0.25, -0.2) is 9.59 Å². The summed E-state index contributed by atoms with van der Waals surface area (Å²) in [5.41, 5.74) is 0.840. The van der Waals surface area contributed by atoms with Gasteiger partial charge in [0, 0.05) is 13.7 Å². The smallest absolute Gasteiger partial charge is 0.408 e. The lowest BCUT2D eigenvalue weighted by Crippen LogP contribution is -2.42. The fourth-order valence-corrected chi connectivity index (χ4v) is 1.88. The van der Waals surface area contributed by atoms with Gasteiger partial charge in [-0.1, -0.05) is 37.3 Å². The van der Waals surface area contributed by atoms with Gasteiger partial charge in [-0.3, -0.25) is 0 Å². The molecule has 21 heavy (non-hydrogen) atoms. The second-order valence-electron chi connectivity index (χ2n) is 4.89. The van der Waals surface area contributed by atoms with Crippen LogP contribution in [0.2, 0.25) is 0 Å². The van der Waals surface area contributed by atoms with Crippen LogP contribution in [0.1, 0.15) is 18.9 Å². The number of carboxylic acid groups (broad SMARTS) is 1. The summed E-state index contributed by atoms with van der Waals surface area (Å²) in [6.45, 7) is 2.40. The van der Waals surface area contributed by atoms with Crippen LogP contribution in [0.15, 0.2) is 30.3 Å². The van der Waals surface area contributed by atoms with Crippen molar-refractivity contribution in [1.29, 1.82) is 0 Å². The molecular weight excluding hydrogens is 274 g/mol. The zero-order valence-electron chi connectivity index (χ0n) is 12.2. The molecule has 1 aromatic carbocycles. The molecule has 0 aliphatic heterocycles. The minimum Gasteiger partial charge on any atom is -0.480 e. The summed E-state index contributed by atoms with van der Waals surface area (Å²) < 4.78 is 9.96. The topological polar surface area (TPSA) is 84.9 Å². The normalized spacial score (nSPS) is 13.2. The Balaban J connectivity index is 2.43. The van der Waals surface area contributed by atoms with Crippen LogP contribution in [0, 0.1) is 5.92 Å². The molecule has 0 aliphatic rings. The molecule has 6 heteroatoms. The van der Waals surface area contributed by atoms with E-state index in [0.717, 1.165) is 5.56 Å². The number of carboxylic acids is 1. The summed E-state index contributed by atoms with van der Waals surface area (Å²) in [4.78, 5) is 22.8. The Labute approximate surface area is 124 Å². The van der Waals surface area contributed by atoms with E-state index >= 15 is 0 Å². The van der Waals surface area contributed by atoms with E-state index in [1.807, 2.05) is 37.3 Å². The van der Waals surface area contributed by atoms with Gasteiger partial charge < -0.3 is 19.9 Å². The van der Waals surface area contributed by atoms with E-state index in [2.05, 4.69) is 5.32 Å². The van der Waals surface area contributed by atoms with Crippen molar-refractivity contribution < 1.29 is 24.2 Å². The van der Waals surface area contributed by atoms with Gasteiger partial charge in [-0.05, 0) is 17.9 Å². The van der Waals surface area contributed by atoms with Crippen molar-refractivity contribution in [2.24, 2.45) is 5.92 Å². The Bertz CT molecular complexity index is 449. The molecule has 0 aliphatic carbocycles. The van der Waals surface area contributed by atoms with Crippen LogP contribution in [0.3, 0.4) is 0 Å². The SMILES string of the molecule is COCC(C)CC(NC(=O)OCc1ccccc1)C(=O)O. The molecule has 1 rings (SSSR count). The Hall–Kier alpha value is -2.08. The van der Waals surface area contributed by atoms with Crippen molar-refractivity contribution in [1.82, 2.24) is 5.32 Å². The predicted octanol–water partition coefficient (Wildman–Crippen LogP) is 2.04. The van der Waals surface area contributed by atoms with Crippen LogP contribution < -0.4 is 5.32 Å². The molecule has 0 radical (unpaired) electrons. The summed E-state index contributed by atoms with van der Waals surface area (Å²) in [5.74, 6) is -1.07. The van der Waals surface area contributed by atoms with E-state index in [4.69, 9.17) is 14.6 Å². The first-order chi connectivity index (χ1) is 10.0. The second kappa shape index (κ2) is 8.97. The maximum absolute atomic E-state index is 11.6. The van der Waals surface area contributed by atoms with Crippen molar-refractivity contribution in [3.05, 3.63) is 35.9 Å². The number of hydrogen-bond donors (Lipinski definition) is 2. The molecule has 2 unspecified atom stereocenters. The van der Waals surface area contributed by atoms with E-state index in [9.17, 15) is 9.59 Å². The molecule has 0 bridgehead atoms. The molecule has 1 aromatic rings. The van der Waals surface area contributed by atoms with Crippen LogP contribution in [0.25, 0.3) is 0 Å². The van der Waals surface area contributed by atoms with E-state index in [0.29, 0.717) is 6.61 Å². The molecule has 116 valence electrons. The van der Waals surface area contributed by atoms with Gasteiger partial charge in [0.25, 0.3) is 0 Å². The number of methoxy groups -OCH3 is 1. The van der Waals surface area contributed by atoms with Crippen molar-refractivity contribution in [2.75, 3.05) is 13.7 Å². The number of carbonyl (C=O) groups is 2. The molecule has 0 heterocycles. The molecule has 0 fully saturated rings. The summed E-state index contributed by atoms with van der Waals surface area (Å²) in [7, 11) is 1.55. The third kappa shape index (κ3) is 6.76. The first-order valence-corrected chi connectivity index (χ1v) is 6.72. The number of hydrogen-bond acceptors (Lipinski definition) is 4. The van der Waals surface area contributed by atoms with Gasteiger partial charge in [-0.2, -0.15) is 0 Å². The third-order valence-electron chi connectivity index (χ3n) is 2.89. The van der Waals surface area contributed by atoms with E-state index in [1.54, 1.807) is 7.11 Å². The van der Waals surface area contributed by atoms with Gasteiger partial charge >= 0.3 is 12.1 Å². The lowest BCUT2D eigenvalue weighted by Gasteiger charge is -2.18. The Morgan fingerprint density at radius 2 is 1.95 bits per heavy atom. The van der Waals surface area contributed by atoms with Crippen LogP contribution >= 0.6 is 0 Å². The van der Waals surface area contributed by atoms with Gasteiger partial charge in [-0.15, -0.1) is 0 Å². The second-order valence-corrected chi connectivity index (χ2v) is 4.89. The van der Waals surface area contributed by atoms with E-state index in [-0.39, 0.29) is 18.9 Å². The Kier molecular flexibility index (Phi) is 7.25. The summed E-state index contributed by atoms with van der Waals surface area (Å²) >= 11 is 0. The van der Waals surface area contributed by atoms with Gasteiger partial charge in [0.15, 0.2) is 0 Å². The third-order valence-corrected chi connectivity index (χ3v) is 2.89. The number of nitrogens with one attached hydrogen (secondary N) is 1. The number of amides is 1. The summed E-state index contributed by atoms with van der Waals surface area (Å²) in [5, 5.41) is 11.5. The quantitative estimate of drug-likeness (QED) is 0.766. The lowest BCUT2D eigenvalue weighted by atomic mass is 10.0. The molecule has 6 nitrogen and oxygen atoms in total. The van der Waals surface area contributed by atoms with Gasteiger partial charge in [0.1, 0.15) is 12.6 Å².